The van der Waals surface area contributed by atoms with Crippen molar-refractivity contribution in [2.24, 2.45) is 11.7 Å². The number of hydrogen-bond acceptors (Lipinski definition) is 5. The first kappa shape index (κ1) is 22.3. The number of ether oxygens (including phenoxy) is 2. The van der Waals surface area contributed by atoms with Crippen molar-refractivity contribution in [2.75, 3.05) is 25.1 Å². The lowest BCUT2D eigenvalue weighted by molar-refractivity contribution is -0.119. The zero-order valence-corrected chi connectivity index (χ0v) is 18.5. The molecule has 8 heteroatoms. The normalized spacial score (nSPS) is 15.3. The van der Waals surface area contributed by atoms with Gasteiger partial charge >= 0.3 is 0 Å². The molecule has 3 aromatic rings. The number of rotatable bonds is 8. The van der Waals surface area contributed by atoms with Gasteiger partial charge in [-0.25, -0.2) is 4.98 Å². The molecule has 1 atom stereocenters. The summed E-state index contributed by atoms with van der Waals surface area (Å²) >= 11 is 6.47. The van der Waals surface area contributed by atoms with Crippen molar-refractivity contribution in [3.63, 3.8) is 0 Å². The number of carbonyl (C=O) groups is 1. The Morgan fingerprint density at radius 3 is 2.84 bits per heavy atom. The van der Waals surface area contributed by atoms with Crippen molar-refractivity contribution in [2.45, 2.75) is 25.3 Å². The van der Waals surface area contributed by atoms with Gasteiger partial charge in [-0.15, -0.1) is 0 Å². The molecule has 0 radical (unpaired) electrons. The van der Waals surface area contributed by atoms with Crippen LogP contribution in [-0.4, -0.2) is 41.7 Å². The number of para-hydroxylation sites is 1. The molecule has 168 valence electrons. The SMILES string of the molecule is NC(C(=O)Nc1ccc(CCOc2ccccc2-c2cnc[nH]2)c(Cl)c1)C1CCOCC1. The van der Waals surface area contributed by atoms with E-state index in [0.717, 1.165) is 35.4 Å². The summed E-state index contributed by atoms with van der Waals surface area (Å²) in [5, 5.41) is 3.46. The molecule has 1 fully saturated rings. The van der Waals surface area contributed by atoms with Crippen LogP contribution < -0.4 is 15.8 Å². The van der Waals surface area contributed by atoms with E-state index in [1.807, 2.05) is 36.4 Å². The number of halogens is 1. The molecule has 1 aromatic heterocycles. The highest BCUT2D eigenvalue weighted by Crippen LogP contribution is 2.28. The fourth-order valence-corrected chi connectivity index (χ4v) is 4.11. The van der Waals surface area contributed by atoms with E-state index >= 15 is 0 Å². The van der Waals surface area contributed by atoms with Gasteiger partial charge in [0.25, 0.3) is 0 Å². The average molecular weight is 455 g/mol. The quantitative estimate of drug-likeness (QED) is 0.476. The van der Waals surface area contributed by atoms with Gasteiger partial charge in [0.15, 0.2) is 0 Å². The molecule has 32 heavy (non-hydrogen) atoms. The van der Waals surface area contributed by atoms with Crippen LogP contribution in [0.25, 0.3) is 11.3 Å². The van der Waals surface area contributed by atoms with Crippen molar-refractivity contribution in [1.29, 1.82) is 0 Å². The largest absolute Gasteiger partial charge is 0.493 e. The van der Waals surface area contributed by atoms with Crippen LogP contribution in [0.2, 0.25) is 5.02 Å². The number of H-pyrrole nitrogens is 1. The molecule has 0 bridgehead atoms. The predicted octanol–water partition coefficient (Wildman–Crippen LogP) is 4.04. The zero-order valence-electron chi connectivity index (χ0n) is 17.7. The number of nitrogens with one attached hydrogen (secondary N) is 2. The summed E-state index contributed by atoms with van der Waals surface area (Å²) < 4.78 is 11.4. The maximum atomic E-state index is 12.5. The van der Waals surface area contributed by atoms with E-state index in [4.69, 9.17) is 26.8 Å². The summed E-state index contributed by atoms with van der Waals surface area (Å²) in [6.45, 7) is 1.77. The minimum Gasteiger partial charge on any atom is -0.493 e. The molecular weight excluding hydrogens is 428 g/mol. The number of aromatic amines is 1. The van der Waals surface area contributed by atoms with E-state index in [-0.39, 0.29) is 11.8 Å². The second kappa shape index (κ2) is 10.6. The van der Waals surface area contributed by atoms with Gasteiger partial charge in [0, 0.05) is 35.9 Å². The van der Waals surface area contributed by atoms with Crippen molar-refractivity contribution >= 4 is 23.2 Å². The maximum Gasteiger partial charge on any atom is 0.241 e. The second-order valence-electron chi connectivity index (χ2n) is 7.83. The Morgan fingerprint density at radius 2 is 2.09 bits per heavy atom. The molecule has 1 unspecified atom stereocenters. The Labute approximate surface area is 192 Å². The molecule has 1 aliphatic heterocycles. The molecule has 0 spiro atoms. The monoisotopic (exact) mass is 454 g/mol. The number of amides is 1. The van der Waals surface area contributed by atoms with E-state index in [9.17, 15) is 4.79 Å². The molecule has 7 nitrogen and oxygen atoms in total. The highest BCUT2D eigenvalue weighted by Gasteiger charge is 2.26. The number of nitrogens with two attached hydrogens (primary N) is 1. The van der Waals surface area contributed by atoms with Gasteiger partial charge in [-0.05, 0) is 48.6 Å². The van der Waals surface area contributed by atoms with Crippen LogP contribution in [0.3, 0.4) is 0 Å². The van der Waals surface area contributed by atoms with Crippen molar-refractivity contribution in [1.82, 2.24) is 9.97 Å². The number of aromatic nitrogens is 2. The first-order valence-electron chi connectivity index (χ1n) is 10.7. The Bertz CT molecular complexity index is 1040. The third-order valence-corrected chi connectivity index (χ3v) is 6.05. The molecule has 4 rings (SSSR count). The van der Waals surface area contributed by atoms with Gasteiger partial charge in [0.05, 0.1) is 30.9 Å². The summed E-state index contributed by atoms with van der Waals surface area (Å²) in [6, 6.07) is 12.8. The number of imidazole rings is 1. The molecule has 2 aromatic carbocycles. The Morgan fingerprint density at radius 1 is 1.28 bits per heavy atom. The van der Waals surface area contributed by atoms with Gasteiger partial charge in [0.1, 0.15) is 5.75 Å². The number of nitrogens with zero attached hydrogens (tertiary/aromatic N) is 1. The van der Waals surface area contributed by atoms with Gasteiger partial charge in [0.2, 0.25) is 5.91 Å². The number of carbonyl (C=O) groups excluding carboxylic acids is 1. The van der Waals surface area contributed by atoms with Crippen molar-refractivity contribution in [3.8, 4) is 17.0 Å². The van der Waals surface area contributed by atoms with E-state index in [2.05, 4.69) is 15.3 Å². The zero-order chi connectivity index (χ0) is 22.3. The summed E-state index contributed by atoms with van der Waals surface area (Å²) in [5.74, 6) is 0.721. The maximum absolute atomic E-state index is 12.5. The van der Waals surface area contributed by atoms with E-state index in [1.54, 1.807) is 18.6 Å². The minimum atomic E-state index is -0.555. The van der Waals surface area contributed by atoms with Gasteiger partial charge < -0.3 is 25.5 Å². The molecule has 2 heterocycles. The van der Waals surface area contributed by atoms with E-state index < -0.39 is 6.04 Å². The molecule has 1 aliphatic rings. The Kier molecular flexibility index (Phi) is 7.42. The fourth-order valence-electron chi connectivity index (χ4n) is 3.83. The van der Waals surface area contributed by atoms with Crippen LogP contribution in [0.5, 0.6) is 5.75 Å². The van der Waals surface area contributed by atoms with Crippen LogP contribution in [0.15, 0.2) is 55.0 Å². The lowest BCUT2D eigenvalue weighted by Crippen LogP contribution is -2.44. The third kappa shape index (κ3) is 5.48. The van der Waals surface area contributed by atoms with Crippen LogP contribution in [-0.2, 0) is 16.0 Å². The highest BCUT2D eigenvalue weighted by molar-refractivity contribution is 6.31. The van der Waals surface area contributed by atoms with Crippen molar-refractivity contribution < 1.29 is 14.3 Å². The lowest BCUT2D eigenvalue weighted by atomic mass is 9.92. The summed E-state index contributed by atoms with van der Waals surface area (Å²) in [5.41, 5.74) is 9.59. The summed E-state index contributed by atoms with van der Waals surface area (Å²) in [7, 11) is 0. The van der Waals surface area contributed by atoms with Crippen LogP contribution in [0.4, 0.5) is 5.69 Å². The minimum absolute atomic E-state index is 0.139. The van der Waals surface area contributed by atoms with E-state index in [1.165, 1.54) is 0 Å². The number of anilines is 1. The first-order chi connectivity index (χ1) is 15.6. The summed E-state index contributed by atoms with van der Waals surface area (Å²) in [6.07, 6.45) is 5.64. The second-order valence-corrected chi connectivity index (χ2v) is 8.24. The Hall–Kier alpha value is -2.87. The lowest BCUT2D eigenvalue weighted by Gasteiger charge is -2.26. The third-order valence-electron chi connectivity index (χ3n) is 5.70. The molecule has 1 amide bonds. The summed E-state index contributed by atoms with van der Waals surface area (Å²) in [4.78, 5) is 19.7. The van der Waals surface area contributed by atoms with Crippen molar-refractivity contribution in [3.05, 3.63) is 65.6 Å². The van der Waals surface area contributed by atoms with Crippen LogP contribution in [0.1, 0.15) is 18.4 Å². The Balaban J connectivity index is 1.33. The number of hydrogen-bond donors (Lipinski definition) is 3. The molecule has 1 saturated heterocycles. The fraction of sp³-hybridized carbons (Fsp3) is 0.333. The smallest absolute Gasteiger partial charge is 0.241 e. The van der Waals surface area contributed by atoms with Gasteiger partial charge in [-0.1, -0.05) is 29.8 Å². The highest BCUT2D eigenvalue weighted by atomic mass is 35.5. The predicted molar refractivity (Wildman–Crippen MR) is 125 cm³/mol. The standard InChI is InChI=1S/C24H27ClN4O3/c25-20-13-18(29-24(30)23(26)17-7-10-31-11-8-17)6-5-16(20)9-12-32-22-4-2-1-3-19(22)21-14-27-15-28-21/h1-6,13-15,17,23H,7-12,26H2,(H,27,28)(H,29,30). The molecule has 0 aliphatic carbocycles. The first-order valence-corrected chi connectivity index (χ1v) is 11.1. The van der Waals surface area contributed by atoms with E-state index in [0.29, 0.717) is 37.0 Å². The molecule has 0 saturated carbocycles. The number of benzene rings is 2. The van der Waals surface area contributed by atoms with Crippen LogP contribution in [0, 0.1) is 5.92 Å². The van der Waals surface area contributed by atoms with Crippen LogP contribution >= 0.6 is 11.6 Å². The van der Waals surface area contributed by atoms with Gasteiger partial charge in [-0.3, -0.25) is 4.79 Å². The average Bonchev–Trinajstić information content (AvgIpc) is 3.36. The molecular formula is C24H27ClN4O3. The topological polar surface area (TPSA) is 102 Å². The van der Waals surface area contributed by atoms with Gasteiger partial charge in [-0.2, -0.15) is 0 Å². The molecule has 4 N–H and O–H groups in total.